The van der Waals surface area contributed by atoms with Crippen molar-refractivity contribution in [3.05, 3.63) is 53.5 Å². The lowest BCUT2D eigenvalue weighted by atomic mass is 10.1. The van der Waals surface area contributed by atoms with E-state index in [1.165, 1.54) is 0 Å². The third-order valence-electron chi connectivity index (χ3n) is 5.17. The molecule has 0 aliphatic carbocycles. The largest absolute Gasteiger partial charge is 0.378 e. The predicted octanol–water partition coefficient (Wildman–Crippen LogP) is 2.66. The summed E-state index contributed by atoms with van der Waals surface area (Å²) in [7, 11) is 1.83. The van der Waals surface area contributed by atoms with Gasteiger partial charge in [-0.05, 0) is 38.1 Å². The number of hydrogen-bond acceptors (Lipinski definition) is 7. The Bertz CT molecular complexity index is 1040. The van der Waals surface area contributed by atoms with Gasteiger partial charge in [0.05, 0.1) is 36.4 Å². The van der Waals surface area contributed by atoms with Crippen LogP contribution in [-0.4, -0.2) is 52.2 Å². The molecule has 0 spiro atoms. The van der Waals surface area contributed by atoms with Crippen LogP contribution in [-0.2, 0) is 11.8 Å². The summed E-state index contributed by atoms with van der Waals surface area (Å²) in [6, 6.07) is 9.45. The fraction of sp³-hybridized carbons (Fsp3) is 0.333. The number of aromatic nitrogens is 4. The summed E-state index contributed by atoms with van der Waals surface area (Å²) < 4.78 is 7.11. The number of rotatable bonds is 5. The summed E-state index contributed by atoms with van der Waals surface area (Å²) in [5.74, 6) is 0.500. The number of hydrogen-bond donors (Lipinski definition) is 2. The van der Waals surface area contributed by atoms with Crippen molar-refractivity contribution in [2.75, 3.05) is 41.8 Å². The second-order valence-corrected chi connectivity index (χ2v) is 7.22. The maximum absolute atomic E-state index is 12.6. The minimum atomic E-state index is -0.164. The van der Waals surface area contributed by atoms with Crippen LogP contribution in [0.4, 0.5) is 22.9 Å². The van der Waals surface area contributed by atoms with Crippen molar-refractivity contribution in [1.82, 2.24) is 20.0 Å². The van der Waals surface area contributed by atoms with Crippen LogP contribution in [0.1, 0.15) is 21.7 Å². The molecule has 30 heavy (non-hydrogen) atoms. The minimum absolute atomic E-state index is 0.164. The lowest BCUT2D eigenvalue weighted by molar-refractivity contribution is 0.102. The van der Waals surface area contributed by atoms with Gasteiger partial charge in [-0.25, -0.2) is 0 Å². The summed E-state index contributed by atoms with van der Waals surface area (Å²) in [6.07, 6.45) is 1.76. The van der Waals surface area contributed by atoms with Crippen LogP contribution in [0.3, 0.4) is 0 Å². The molecule has 1 fully saturated rings. The number of anilines is 4. The Labute approximate surface area is 175 Å². The van der Waals surface area contributed by atoms with Crippen LogP contribution >= 0.6 is 0 Å². The third kappa shape index (κ3) is 4.25. The van der Waals surface area contributed by atoms with Crippen molar-refractivity contribution in [2.45, 2.75) is 13.8 Å². The van der Waals surface area contributed by atoms with Gasteiger partial charge in [0.25, 0.3) is 5.91 Å². The van der Waals surface area contributed by atoms with E-state index in [9.17, 15) is 4.79 Å². The number of benzene rings is 1. The van der Waals surface area contributed by atoms with Gasteiger partial charge in [-0.3, -0.25) is 9.48 Å². The van der Waals surface area contributed by atoms with Gasteiger partial charge < -0.3 is 20.3 Å². The number of carbonyl (C=O) groups is 1. The van der Waals surface area contributed by atoms with Crippen molar-refractivity contribution >= 4 is 28.8 Å². The van der Waals surface area contributed by atoms with Crippen LogP contribution in [0.25, 0.3) is 0 Å². The second kappa shape index (κ2) is 8.50. The zero-order valence-corrected chi connectivity index (χ0v) is 17.3. The first-order chi connectivity index (χ1) is 14.5. The highest BCUT2D eigenvalue weighted by Crippen LogP contribution is 2.22. The zero-order chi connectivity index (χ0) is 21.1. The molecule has 0 atom stereocenters. The van der Waals surface area contributed by atoms with Crippen molar-refractivity contribution in [1.29, 1.82) is 0 Å². The number of nitrogens with zero attached hydrogens (tertiary/aromatic N) is 5. The van der Waals surface area contributed by atoms with Gasteiger partial charge in [0.1, 0.15) is 0 Å². The zero-order valence-electron chi connectivity index (χ0n) is 17.3. The quantitative estimate of drug-likeness (QED) is 0.671. The van der Waals surface area contributed by atoms with Gasteiger partial charge in [-0.15, -0.1) is 5.10 Å². The summed E-state index contributed by atoms with van der Waals surface area (Å²) in [6.45, 7) is 6.84. The topological polar surface area (TPSA) is 97.2 Å². The molecule has 9 nitrogen and oxygen atoms in total. The molecule has 2 aromatic heterocycles. The smallest absolute Gasteiger partial charge is 0.259 e. The Morgan fingerprint density at radius 1 is 1.10 bits per heavy atom. The molecule has 3 heterocycles. The maximum atomic E-state index is 12.6. The molecule has 156 valence electrons. The molecule has 0 bridgehead atoms. The molecule has 0 unspecified atom stereocenters. The third-order valence-corrected chi connectivity index (χ3v) is 5.17. The van der Waals surface area contributed by atoms with Crippen molar-refractivity contribution in [3.8, 4) is 0 Å². The standard InChI is InChI=1S/C21H25N7O2/c1-14-20(15(2)27(3)26-14)21(29)24-17-6-4-16(5-7-17)23-19-12-18(13-22-25-19)28-8-10-30-11-9-28/h4-7,12-13H,8-11H2,1-3H3,(H,23,25)(H,24,29). The number of carbonyl (C=O) groups excluding carboxylic acids is 1. The Kier molecular flexibility index (Phi) is 5.62. The highest BCUT2D eigenvalue weighted by atomic mass is 16.5. The van der Waals surface area contributed by atoms with Crippen LogP contribution in [0.2, 0.25) is 0 Å². The van der Waals surface area contributed by atoms with E-state index in [0.717, 1.165) is 43.4 Å². The summed E-state index contributed by atoms with van der Waals surface area (Å²) in [5.41, 5.74) is 4.74. The van der Waals surface area contributed by atoms with E-state index in [1.807, 2.05) is 51.2 Å². The summed E-state index contributed by atoms with van der Waals surface area (Å²) >= 11 is 0. The highest BCUT2D eigenvalue weighted by molar-refractivity contribution is 6.05. The lowest BCUT2D eigenvalue weighted by Crippen LogP contribution is -2.36. The van der Waals surface area contributed by atoms with E-state index in [-0.39, 0.29) is 5.91 Å². The van der Waals surface area contributed by atoms with E-state index >= 15 is 0 Å². The first-order valence-corrected chi connectivity index (χ1v) is 9.85. The van der Waals surface area contributed by atoms with Gasteiger partial charge >= 0.3 is 0 Å². The molecule has 9 heteroatoms. The SMILES string of the molecule is Cc1nn(C)c(C)c1C(=O)Nc1ccc(Nc2cc(N3CCOCC3)cnn2)cc1. The van der Waals surface area contributed by atoms with E-state index in [4.69, 9.17) is 4.74 Å². The van der Waals surface area contributed by atoms with Crippen molar-refractivity contribution in [2.24, 2.45) is 7.05 Å². The maximum Gasteiger partial charge on any atom is 0.259 e. The van der Waals surface area contributed by atoms with Gasteiger partial charge in [0.15, 0.2) is 5.82 Å². The fourth-order valence-corrected chi connectivity index (χ4v) is 3.49. The molecule has 1 aromatic carbocycles. The van der Waals surface area contributed by atoms with Gasteiger partial charge in [-0.2, -0.15) is 10.2 Å². The van der Waals surface area contributed by atoms with Gasteiger partial charge in [0.2, 0.25) is 0 Å². The number of ether oxygens (including phenoxy) is 1. The summed E-state index contributed by atoms with van der Waals surface area (Å²) in [5, 5.41) is 18.8. The average Bonchev–Trinajstić information content (AvgIpc) is 3.02. The number of morpholine rings is 1. The average molecular weight is 407 g/mol. The van der Waals surface area contributed by atoms with Gasteiger partial charge in [0, 0.05) is 43.3 Å². The number of nitrogens with one attached hydrogen (secondary N) is 2. The van der Waals surface area contributed by atoms with E-state index in [2.05, 4.69) is 30.8 Å². The monoisotopic (exact) mass is 407 g/mol. The predicted molar refractivity (Wildman–Crippen MR) is 115 cm³/mol. The molecule has 2 N–H and O–H groups in total. The Morgan fingerprint density at radius 2 is 1.80 bits per heavy atom. The number of amides is 1. The molecule has 3 aromatic rings. The molecule has 1 aliphatic rings. The first-order valence-electron chi connectivity index (χ1n) is 9.85. The lowest BCUT2D eigenvalue weighted by Gasteiger charge is -2.28. The van der Waals surface area contributed by atoms with Crippen LogP contribution < -0.4 is 15.5 Å². The molecule has 1 saturated heterocycles. The van der Waals surface area contributed by atoms with Crippen LogP contribution in [0, 0.1) is 13.8 Å². The molecule has 4 rings (SSSR count). The molecule has 0 radical (unpaired) electrons. The van der Waals surface area contributed by atoms with Crippen molar-refractivity contribution < 1.29 is 9.53 Å². The van der Waals surface area contributed by atoms with Crippen LogP contribution in [0.15, 0.2) is 36.5 Å². The van der Waals surface area contributed by atoms with E-state index in [1.54, 1.807) is 10.9 Å². The second-order valence-electron chi connectivity index (χ2n) is 7.22. The fourth-order valence-electron chi connectivity index (χ4n) is 3.49. The van der Waals surface area contributed by atoms with Crippen LogP contribution in [0.5, 0.6) is 0 Å². The van der Waals surface area contributed by atoms with E-state index in [0.29, 0.717) is 22.8 Å². The highest BCUT2D eigenvalue weighted by Gasteiger charge is 2.17. The number of aryl methyl sites for hydroxylation is 2. The van der Waals surface area contributed by atoms with Gasteiger partial charge in [-0.1, -0.05) is 0 Å². The summed E-state index contributed by atoms with van der Waals surface area (Å²) in [4.78, 5) is 14.8. The normalized spacial score (nSPS) is 13.9. The molecular weight excluding hydrogens is 382 g/mol. The Morgan fingerprint density at radius 3 is 2.47 bits per heavy atom. The Hall–Kier alpha value is -3.46. The molecule has 1 amide bonds. The first kappa shape index (κ1) is 19.8. The van der Waals surface area contributed by atoms with E-state index < -0.39 is 0 Å². The molecule has 0 saturated carbocycles. The van der Waals surface area contributed by atoms with Crippen molar-refractivity contribution in [3.63, 3.8) is 0 Å². The Balaban J connectivity index is 1.42. The molecule has 1 aliphatic heterocycles. The minimum Gasteiger partial charge on any atom is -0.378 e. The molecular formula is C21H25N7O2.